The van der Waals surface area contributed by atoms with Gasteiger partial charge in [-0.25, -0.2) is 4.98 Å². The van der Waals surface area contributed by atoms with Crippen LogP contribution >= 0.6 is 17.0 Å². The van der Waals surface area contributed by atoms with Crippen molar-refractivity contribution in [2.45, 2.75) is 13.5 Å². The van der Waals surface area contributed by atoms with Gasteiger partial charge in [0, 0.05) is 18.9 Å². The molecule has 4 heteroatoms. The van der Waals surface area contributed by atoms with Crippen molar-refractivity contribution in [1.29, 1.82) is 0 Å². The summed E-state index contributed by atoms with van der Waals surface area (Å²) < 4.78 is 6.99. The van der Waals surface area contributed by atoms with Gasteiger partial charge in [-0.3, -0.25) is 0 Å². The van der Waals surface area contributed by atoms with Gasteiger partial charge < -0.3 is 9.30 Å². The van der Waals surface area contributed by atoms with Gasteiger partial charge in [-0.1, -0.05) is 0 Å². The third kappa shape index (κ3) is 4.18. The Balaban J connectivity index is 0.00000121. The average molecular weight is 233 g/mol. The highest BCUT2D eigenvalue weighted by molar-refractivity contribution is 8.93. The number of imidazole rings is 1. The van der Waals surface area contributed by atoms with Crippen LogP contribution in [-0.2, 0) is 11.3 Å². The second kappa shape index (κ2) is 6.91. The van der Waals surface area contributed by atoms with E-state index < -0.39 is 0 Å². The largest absolute Gasteiger partial charge is 0.502 e. The molecule has 1 aromatic heterocycles. The lowest BCUT2D eigenvalue weighted by molar-refractivity contribution is 0.268. The molecule has 3 nitrogen and oxygen atoms in total. The van der Waals surface area contributed by atoms with Crippen LogP contribution in [0.25, 0.3) is 0 Å². The standard InChI is InChI=1S/C8H12N2O.BrH/c1-2-11-7-3-5-10-6-4-9-8-10;/h3-4,6-8H,2,5H2,1H3;1H. The van der Waals surface area contributed by atoms with Crippen molar-refractivity contribution in [3.8, 4) is 0 Å². The van der Waals surface area contributed by atoms with E-state index in [1.54, 1.807) is 18.8 Å². The number of rotatable bonds is 4. The summed E-state index contributed by atoms with van der Waals surface area (Å²) in [5.74, 6) is 0. The number of hydrogen-bond donors (Lipinski definition) is 0. The fraction of sp³-hybridized carbons (Fsp3) is 0.375. The molecule has 12 heavy (non-hydrogen) atoms. The first-order chi connectivity index (χ1) is 5.43. The molecule has 0 aliphatic carbocycles. The summed E-state index contributed by atoms with van der Waals surface area (Å²) in [4.78, 5) is 3.91. The van der Waals surface area contributed by atoms with Crippen LogP contribution in [-0.4, -0.2) is 16.2 Å². The number of nitrogens with zero attached hydrogens (tertiary/aromatic N) is 2. The van der Waals surface area contributed by atoms with Gasteiger partial charge in [-0.05, 0) is 13.0 Å². The van der Waals surface area contributed by atoms with Crippen LogP contribution in [0, 0.1) is 0 Å². The van der Waals surface area contributed by atoms with Gasteiger partial charge in [0.05, 0.1) is 19.2 Å². The lowest BCUT2D eigenvalue weighted by Gasteiger charge is -1.94. The van der Waals surface area contributed by atoms with E-state index in [2.05, 4.69) is 4.98 Å². The van der Waals surface area contributed by atoms with Crippen molar-refractivity contribution in [3.63, 3.8) is 0 Å². The molecule has 0 N–H and O–H groups in total. The molecule has 0 aliphatic rings. The van der Waals surface area contributed by atoms with Crippen LogP contribution in [0.1, 0.15) is 6.92 Å². The predicted octanol–water partition coefficient (Wildman–Crippen LogP) is 2.01. The lowest BCUT2D eigenvalue weighted by atomic mass is 10.6. The molecule has 0 fully saturated rings. The SMILES string of the molecule is Br.CCOC=CCn1ccnc1. The highest BCUT2D eigenvalue weighted by Crippen LogP contribution is 1.86. The molecule has 0 spiro atoms. The van der Waals surface area contributed by atoms with Crippen molar-refractivity contribution in [2.24, 2.45) is 0 Å². The van der Waals surface area contributed by atoms with E-state index in [1.807, 2.05) is 23.8 Å². The molecule has 1 aromatic rings. The molecular formula is C8H13BrN2O. The molecule has 0 unspecified atom stereocenters. The summed E-state index contributed by atoms with van der Waals surface area (Å²) in [5.41, 5.74) is 0. The minimum atomic E-state index is 0. The van der Waals surface area contributed by atoms with Gasteiger partial charge in [0.2, 0.25) is 0 Å². The maximum atomic E-state index is 5.02. The Morgan fingerprint density at radius 3 is 3.00 bits per heavy atom. The molecule has 0 aromatic carbocycles. The number of aromatic nitrogens is 2. The molecule has 0 aliphatic heterocycles. The van der Waals surface area contributed by atoms with Crippen molar-refractivity contribution in [3.05, 3.63) is 31.1 Å². The summed E-state index contributed by atoms with van der Waals surface area (Å²) in [6.07, 6.45) is 9.10. The Labute approximate surface area is 82.8 Å². The van der Waals surface area contributed by atoms with Gasteiger partial charge in [0.25, 0.3) is 0 Å². The van der Waals surface area contributed by atoms with E-state index in [9.17, 15) is 0 Å². The van der Waals surface area contributed by atoms with Gasteiger partial charge in [-0.2, -0.15) is 0 Å². The number of halogens is 1. The van der Waals surface area contributed by atoms with Crippen molar-refractivity contribution in [2.75, 3.05) is 6.61 Å². The molecule has 0 saturated carbocycles. The quantitative estimate of drug-likeness (QED) is 0.744. The molecule has 68 valence electrons. The zero-order valence-electron chi connectivity index (χ0n) is 7.01. The Kier molecular flexibility index (Phi) is 6.47. The normalized spacial score (nSPS) is 9.75. The van der Waals surface area contributed by atoms with E-state index in [0.29, 0.717) is 0 Å². The Morgan fingerprint density at radius 1 is 1.58 bits per heavy atom. The van der Waals surface area contributed by atoms with E-state index in [0.717, 1.165) is 13.2 Å². The average Bonchev–Trinajstić information content (AvgIpc) is 2.50. The van der Waals surface area contributed by atoms with Crippen LogP contribution in [0.5, 0.6) is 0 Å². The number of allylic oxidation sites excluding steroid dienone is 1. The van der Waals surface area contributed by atoms with Gasteiger partial charge in [0.15, 0.2) is 0 Å². The molecule has 1 rings (SSSR count). The molecular weight excluding hydrogens is 220 g/mol. The van der Waals surface area contributed by atoms with Gasteiger partial charge >= 0.3 is 0 Å². The van der Waals surface area contributed by atoms with E-state index in [4.69, 9.17) is 4.74 Å². The summed E-state index contributed by atoms with van der Waals surface area (Å²) in [7, 11) is 0. The van der Waals surface area contributed by atoms with Crippen molar-refractivity contribution >= 4 is 17.0 Å². The first-order valence-electron chi connectivity index (χ1n) is 3.66. The van der Waals surface area contributed by atoms with Crippen LogP contribution < -0.4 is 0 Å². The molecule has 0 bridgehead atoms. The van der Waals surface area contributed by atoms with Crippen molar-refractivity contribution in [1.82, 2.24) is 9.55 Å². The van der Waals surface area contributed by atoms with Crippen LogP contribution in [0.3, 0.4) is 0 Å². The van der Waals surface area contributed by atoms with Gasteiger partial charge in [0.1, 0.15) is 0 Å². The molecule has 0 radical (unpaired) electrons. The summed E-state index contributed by atoms with van der Waals surface area (Å²) >= 11 is 0. The highest BCUT2D eigenvalue weighted by Gasteiger charge is 1.82. The smallest absolute Gasteiger partial charge is 0.0948 e. The van der Waals surface area contributed by atoms with E-state index in [-0.39, 0.29) is 17.0 Å². The first kappa shape index (κ1) is 11.2. The topological polar surface area (TPSA) is 27.1 Å². The fourth-order valence-corrected chi connectivity index (χ4v) is 0.724. The Hall–Kier alpha value is -0.770. The molecule has 0 saturated heterocycles. The summed E-state index contributed by atoms with van der Waals surface area (Å²) in [6.45, 7) is 3.50. The summed E-state index contributed by atoms with van der Waals surface area (Å²) in [5, 5.41) is 0. The molecule has 0 amide bonds. The van der Waals surface area contributed by atoms with Crippen molar-refractivity contribution < 1.29 is 4.74 Å². The zero-order valence-corrected chi connectivity index (χ0v) is 8.72. The first-order valence-corrected chi connectivity index (χ1v) is 3.66. The molecule has 1 heterocycles. The molecule has 0 atom stereocenters. The predicted molar refractivity (Wildman–Crippen MR) is 53.3 cm³/mol. The van der Waals surface area contributed by atoms with E-state index >= 15 is 0 Å². The third-order valence-electron chi connectivity index (χ3n) is 1.23. The Morgan fingerprint density at radius 2 is 2.42 bits per heavy atom. The van der Waals surface area contributed by atoms with Crippen LogP contribution in [0.4, 0.5) is 0 Å². The van der Waals surface area contributed by atoms with Crippen LogP contribution in [0.15, 0.2) is 31.1 Å². The monoisotopic (exact) mass is 232 g/mol. The third-order valence-corrected chi connectivity index (χ3v) is 1.23. The highest BCUT2D eigenvalue weighted by atomic mass is 79.9. The maximum absolute atomic E-state index is 5.02. The number of ether oxygens (including phenoxy) is 1. The lowest BCUT2D eigenvalue weighted by Crippen LogP contribution is -1.89. The van der Waals surface area contributed by atoms with Gasteiger partial charge in [-0.15, -0.1) is 17.0 Å². The van der Waals surface area contributed by atoms with Crippen LogP contribution in [0.2, 0.25) is 0 Å². The fourth-order valence-electron chi connectivity index (χ4n) is 0.724. The Bertz CT molecular complexity index is 209. The maximum Gasteiger partial charge on any atom is 0.0948 e. The minimum absolute atomic E-state index is 0. The summed E-state index contributed by atoms with van der Waals surface area (Å²) in [6, 6.07) is 0. The van der Waals surface area contributed by atoms with E-state index in [1.165, 1.54) is 0 Å². The number of hydrogen-bond acceptors (Lipinski definition) is 2. The second-order valence-corrected chi connectivity index (χ2v) is 2.09. The zero-order chi connectivity index (χ0) is 7.94. The minimum Gasteiger partial charge on any atom is -0.502 e. The second-order valence-electron chi connectivity index (χ2n) is 2.09.